The lowest BCUT2D eigenvalue weighted by molar-refractivity contribution is 0.190. The zero-order valence-corrected chi connectivity index (χ0v) is 12.7. The number of aliphatic hydroxyl groups is 1. The van der Waals surface area contributed by atoms with Gasteiger partial charge in [0.2, 0.25) is 0 Å². The minimum absolute atomic E-state index is 0.518. The van der Waals surface area contributed by atoms with Crippen molar-refractivity contribution in [3.8, 4) is 5.75 Å². The highest BCUT2D eigenvalue weighted by Crippen LogP contribution is 2.28. The molecular weight excluding hydrogens is 312 g/mol. The highest BCUT2D eigenvalue weighted by molar-refractivity contribution is 9.10. The number of hydrogen-bond acceptors (Lipinski definition) is 3. The zero-order valence-electron chi connectivity index (χ0n) is 10.3. The molecule has 2 nitrogen and oxygen atoms in total. The van der Waals surface area contributed by atoms with Crippen LogP contribution in [0.4, 0.5) is 0 Å². The maximum atomic E-state index is 9.71. The van der Waals surface area contributed by atoms with Crippen molar-refractivity contribution in [3.63, 3.8) is 0 Å². The predicted molar refractivity (Wildman–Crippen MR) is 78.2 cm³/mol. The predicted octanol–water partition coefficient (Wildman–Crippen LogP) is 4.45. The average molecular weight is 327 g/mol. The second kappa shape index (κ2) is 5.87. The molecule has 18 heavy (non-hydrogen) atoms. The van der Waals surface area contributed by atoms with E-state index in [2.05, 4.69) is 15.9 Å². The van der Waals surface area contributed by atoms with E-state index in [4.69, 9.17) is 4.74 Å². The summed E-state index contributed by atoms with van der Waals surface area (Å²) in [6, 6.07) is 7.91. The third-order valence-corrected chi connectivity index (χ3v) is 4.28. The Morgan fingerprint density at radius 3 is 2.78 bits per heavy atom. The van der Waals surface area contributed by atoms with E-state index in [0.717, 1.165) is 26.2 Å². The molecule has 0 saturated carbocycles. The fourth-order valence-electron chi connectivity index (χ4n) is 1.69. The van der Waals surface area contributed by atoms with Gasteiger partial charge in [0.05, 0.1) is 6.10 Å². The molecule has 4 heteroatoms. The molecule has 1 unspecified atom stereocenters. The summed E-state index contributed by atoms with van der Waals surface area (Å²) in [6.07, 6.45) is -0.518. The van der Waals surface area contributed by atoms with Crippen molar-refractivity contribution in [1.82, 2.24) is 0 Å². The number of benzene rings is 1. The van der Waals surface area contributed by atoms with Crippen LogP contribution in [0.3, 0.4) is 0 Å². The molecule has 1 N–H and O–H groups in total. The lowest BCUT2D eigenvalue weighted by Gasteiger charge is -2.13. The number of rotatable bonds is 4. The Hall–Kier alpha value is -0.840. The highest BCUT2D eigenvalue weighted by Gasteiger charge is 2.10. The minimum Gasteiger partial charge on any atom is -0.488 e. The molecule has 96 valence electrons. The molecule has 1 heterocycles. The summed E-state index contributed by atoms with van der Waals surface area (Å²) in [4.78, 5) is 1.15. The first-order valence-corrected chi connectivity index (χ1v) is 7.38. The molecule has 1 aromatic heterocycles. The van der Waals surface area contributed by atoms with Gasteiger partial charge in [-0.25, -0.2) is 0 Å². The van der Waals surface area contributed by atoms with E-state index in [-0.39, 0.29) is 0 Å². The molecule has 0 spiro atoms. The Morgan fingerprint density at radius 2 is 2.17 bits per heavy atom. The first-order chi connectivity index (χ1) is 8.56. The van der Waals surface area contributed by atoms with Gasteiger partial charge in [-0.2, -0.15) is 0 Å². The van der Waals surface area contributed by atoms with E-state index >= 15 is 0 Å². The Bertz CT molecular complexity index is 534. The number of aliphatic hydroxyl groups excluding tert-OH is 1. The van der Waals surface area contributed by atoms with Crippen LogP contribution in [0.25, 0.3) is 0 Å². The van der Waals surface area contributed by atoms with E-state index in [0.29, 0.717) is 6.61 Å². The molecule has 2 rings (SSSR count). The average Bonchev–Trinajstić information content (AvgIpc) is 2.72. The second-order valence-corrected chi connectivity index (χ2v) is 6.15. The van der Waals surface area contributed by atoms with Crippen molar-refractivity contribution in [2.45, 2.75) is 26.6 Å². The molecule has 0 aliphatic rings. The van der Waals surface area contributed by atoms with Gasteiger partial charge in [0.15, 0.2) is 0 Å². The minimum atomic E-state index is -0.518. The van der Waals surface area contributed by atoms with Crippen molar-refractivity contribution in [2.24, 2.45) is 0 Å². The summed E-state index contributed by atoms with van der Waals surface area (Å²) >= 11 is 5.08. The number of ether oxygens (including phenoxy) is 1. The van der Waals surface area contributed by atoms with Crippen LogP contribution in [0.1, 0.15) is 29.0 Å². The molecule has 0 radical (unpaired) electrons. The lowest BCUT2D eigenvalue weighted by Crippen LogP contribution is -2.00. The number of aryl methyl sites for hydroxylation is 1. The van der Waals surface area contributed by atoms with Crippen molar-refractivity contribution in [2.75, 3.05) is 0 Å². The summed E-state index contributed by atoms with van der Waals surface area (Å²) < 4.78 is 6.88. The second-order valence-electron chi connectivity index (χ2n) is 4.24. The van der Waals surface area contributed by atoms with E-state index in [1.54, 1.807) is 18.3 Å². The third kappa shape index (κ3) is 3.34. The first kappa shape index (κ1) is 13.6. The standard InChI is InChI=1S/C14H15BrO2S/c1-9-3-4-13(10(2)16)14(5-9)17-7-12-6-11(15)8-18-12/h3-6,8,10,16H,7H2,1-2H3. The van der Waals surface area contributed by atoms with E-state index in [9.17, 15) is 5.11 Å². The summed E-state index contributed by atoms with van der Waals surface area (Å²) in [6.45, 7) is 4.29. The summed E-state index contributed by atoms with van der Waals surface area (Å²) in [5, 5.41) is 11.7. The molecule has 0 aliphatic carbocycles. The quantitative estimate of drug-likeness (QED) is 0.899. The van der Waals surface area contributed by atoms with Gasteiger partial charge in [-0.15, -0.1) is 11.3 Å². The largest absolute Gasteiger partial charge is 0.488 e. The Balaban J connectivity index is 2.15. The Kier molecular flexibility index (Phi) is 4.43. The molecule has 2 aromatic rings. The van der Waals surface area contributed by atoms with Gasteiger partial charge >= 0.3 is 0 Å². The van der Waals surface area contributed by atoms with E-state index < -0.39 is 6.10 Å². The highest BCUT2D eigenvalue weighted by atomic mass is 79.9. The molecule has 0 saturated heterocycles. The number of thiophene rings is 1. The maximum Gasteiger partial charge on any atom is 0.125 e. The number of hydrogen-bond donors (Lipinski definition) is 1. The zero-order chi connectivity index (χ0) is 13.1. The van der Waals surface area contributed by atoms with Gasteiger partial charge in [-0.05, 0) is 47.5 Å². The third-order valence-electron chi connectivity index (χ3n) is 2.61. The molecular formula is C14H15BrO2S. The Labute approximate surface area is 119 Å². The summed E-state index contributed by atoms with van der Waals surface area (Å²) in [5.41, 5.74) is 1.96. The van der Waals surface area contributed by atoms with Gasteiger partial charge < -0.3 is 9.84 Å². The first-order valence-electron chi connectivity index (χ1n) is 5.70. The van der Waals surface area contributed by atoms with Crippen LogP contribution in [0.5, 0.6) is 5.75 Å². The SMILES string of the molecule is Cc1ccc(C(C)O)c(OCc2cc(Br)cs2)c1. The van der Waals surface area contributed by atoms with Crippen LogP contribution in [0, 0.1) is 6.92 Å². The Morgan fingerprint density at radius 1 is 1.39 bits per heavy atom. The number of halogens is 1. The fraction of sp³-hybridized carbons (Fsp3) is 0.286. The van der Waals surface area contributed by atoms with Gasteiger partial charge in [0.1, 0.15) is 12.4 Å². The van der Waals surface area contributed by atoms with E-state index in [1.165, 1.54) is 0 Å². The van der Waals surface area contributed by atoms with Crippen molar-refractivity contribution >= 4 is 27.3 Å². The maximum absolute atomic E-state index is 9.71. The van der Waals surface area contributed by atoms with Gasteiger partial charge in [0, 0.05) is 20.3 Å². The summed E-state index contributed by atoms with van der Waals surface area (Å²) in [5.74, 6) is 0.759. The van der Waals surface area contributed by atoms with Crippen LogP contribution in [-0.4, -0.2) is 5.11 Å². The van der Waals surface area contributed by atoms with Crippen molar-refractivity contribution in [1.29, 1.82) is 0 Å². The molecule has 0 fully saturated rings. The topological polar surface area (TPSA) is 29.5 Å². The summed E-state index contributed by atoms with van der Waals surface area (Å²) in [7, 11) is 0. The molecule has 0 amide bonds. The smallest absolute Gasteiger partial charge is 0.125 e. The van der Waals surface area contributed by atoms with Crippen LogP contribution >= 0.6 is 27.3 Å². The molecule has 1 aromatic carbocycles. The molecule has 0 aliphatic heterocycles. The van der Waals surface area contributed by atoms with Crippen LogP contribution < -0.4 is 4.74 Å². The van der Waals surface area contributed by atoms with E-state index in [1.807, 2.05) is 36.6 Å². The van der Waals surface area contributed by atoms with Crippen molar-refractivity contribution in [3.05, 3.63) is 50.1 Å². The van der Waals surface area contributed by atoms with Gasteiger partial charge in [-0.3, -0.25) is 0 Å². The van der Waals surface area contributed by atoms with Crippen LogP contribution in [0.15, 0.2) is 34.1 Å². The van der Waals surface area contributed by atoms with Crippen molar-refractivity contribution < 1.29 is 9.84 Å². The molecule has 1 atom stereocenters. The fourth-order valence-corrected chi connectivity index (χ4v) is 3.05. The monoisotopic (exact) mass is 326 g/mol. The van der Waals surface area contributed by atoms with Crippen LogP contribution in [-0.2, 0) is 6.61 Å². The lowest BCUT2D eigenvalue weighted by atomic mass is 10.1. The van der Waals surface area contributed by atoms with Gasteiger partial charge in [0.25, 0.3) is 0 Å². The molecule has 0 bridgehead atoms. The van der Waals surface area contributed by atoms with Gasteiger partial charge in [-0.1, -0.05) is 12.1 Å². The van der Waals surface area contributed by atoms with Crippen LogP contribution in [0.2, 0.25) is 0 Å². The normalized spacial score (nSPS) is 12.4.